The maximum Gasteiger partial charge on any atom is 0.125 e. The number of halogens is 1. The van der Waals surface area contributed by atoms with Gasteiger partial charge in [0.2, 0.25) is 0 Å². The first kappa shape index (κ1) is 12.7. The second kappa shape index (κ2) is 5.28. The Labute approximate surface area is 108 Å². The van der Waals surface area contributed by atoms with E-state index in [1.807, 2.05) is 13.0 Å². The lowest BCUT2D eigenvalue weighted by Crippen LogP contribution is -2.27. The van der Waals surface area contributed by atoms with E-state index in [0.717, 1.165) is 29.3 Å². The van der Waals surface area contributed by atoms with Gasteiger partial charge in [0.1, 0.15) is 5.75 Å². The molecule has 2 nitrogen and oxygen atoms in total. The lowest BCUT2D eigenvalue weighted by molar-refractivity contribution is 0.394. The summed E-state index contributed by atoms with van der Waals surface area (Å²) >= 11 is 6.40. The second-order valence-corrected chi connectivity index (χ2v) is 5.16. The molecule has 0 aromatic heterocycles. The molecular weight excluding hydrogens is 234 g/mol. The molecule has 1 saturated heterocycles. The molecule has 1 aliphatic heterocycles. The fourth-order valence-corrected chi connectivity index (χ4v) is 3.21. The molecule has 0 saturated carbocycles. The van der Waals surface area contributed by atoms with E-state index in [0.29, 0.717) is 6.04 Å². The van der Waals surface area contributed by atoms with Gasteiger partial charge in [0.15, 0.2) is 0 Å². The highest BCUT2D eigenvalue weighted by atomic mass is 35.5. The highest BCUT2D eigenvalue weighted by Crippen LogP contribution is 2.37. The van der Waals surface area contributed by atoms with Crippen LogP contribution in [0.25, 0.3) is 0 Å². The Morgan fingerprint density at radius 2 is 2.12 bits per heavy atom. The van der Waals surface area contributed by atoms with Crippen LogP contribution in [0, 0.1) is 13.8 Å². The number of piperidine rings is 1. The topological polar surface area (TPSA) is 21.3 Å². The number of benzene rings is 1. The quantitative estimate of drug-likeness (QED) is 0.866. The number of aryl methyl sites for hydroxylation is 1. The highest BCUT2D eigenvalue weighted by molar-refractivity contribution is 6.31. The molecule has 1 unspecified atom stereocenters. The van der Waals surface area contributed by atoms with Crippen LogP contribution in [0.3, 0.4) is 0 Å². The Morgan fingerprint density at radius 3 is 2.71 bits per heavy atom. The molecule has 1 atom stereocenters. The van der Waals surface area contributed by atoms with E-state index in [-0.39, 0.29) is 0 Å². The van der Waals surface area contributed by atoms with Gasteiger partial charge in [-0.2, -0.15) is 0 Å². The molecule has 0 aliphatic carbocycles. The number of hydrogen-bond donors (Lipinski definition) is 1. The van der Waals surface area contributed by atoms with Crippen LogP contribution < -0.4 is 10.1 Å². The van der Waals surface area contributed by atoms with E-state index in [2.05, 4.69) is 12.2 Å². The summed E-state index contributed by atoms with van der Waals surface area (Å²) in [5.41, 5.74) is 3.50. The standard InChI is InChI=1S/C14H20ClNO/c1-9-8-11(15)13(10(2)14(9)17-3)12-6-4-5-7-16-12/h8,12,16H,4-7H2,1-3H3. The molecule has 17 heavy (non-hydrogen) atoms. The zero-order valence-electron chi connectivity index (χ0n) is 10.8. The van der Waals surface area contributed by atoms with Gasteiger partial charge in [-0.1, -0.05) is 18.0 Å². The summed E-state index contributed by atoms with van der Waals surface area (Å²) in [5.74, 6) is 0.969. The minimum Gasteiger partial charge on any atom is -0.496 e. The van der Waals surface area contributed by atoms with Crippen molar-refractivity contribution in [1.29, 1.82) is 0 Å². The smallest absolute Gasteiger partial charge is 0.125 e. The Kier molecular flexibility index (Phi) is 3.95. The van der Waals surface area contributed by atoms with Gasteiger partial charge in [0, 0.05) is 11.1 Å². The van der Waals surface area contributed by atoms with Crippen LogP contribution in [0.1, 0.15) is 42.0 Å². The van der Waals surface area contributed by atoms with Crippen LogP contribution in [0.2, 0.25) is 5.02 Å². The number of rotatable bonds is 2. The molecule has 0 radical (unpaired) electrons. The molecular formula is C14H20ClNO. The summed E-state index contributed by atoms with van der Waals surface area (Å²) < 4.78 is 5.48. The van der Waals surface area contributed by atoms with Crippen molar-refractivity contribution >= 4 is 11.6 Å². The number of hydrogen-bond acceptors (Lipinski definition) is 2. The molecule has 1 aromatic rings. The molecule has 2 rings (SSSR count). The largest absolute Gasteiger partial charge is 0.496 e. The van der Waals surface area contributed by atoms with Crippen LogP contribution in [0.4, 0.5) is 0 Å². The Hall–Kier alpha value is -0.730. The third-order valence-corrected chi connectivity index (χ3v) is 3.88. The third kappa shape index (κ3) is 2.43. The fraction of sp³-hybridized carbons (Fsp3) is 0.571. The van der Waals surface area contributed by atoms with Crippen LogP contribution in [0.15, 0.2) is 6.07 Å². The first-order valence-electron chi connectivity index (χ1n) is 6.22. The van der Waals surface area contributed by atoms with E-state index < -0.39 is 0 Å². The third-order valence-electron chi connectivity index (χ3n) is 3.57. The SMILES string of the molecule is COc1c(C)cc(Cl)c(C2CCCCN2)c1C. The van der Waals surface area contributed by atoms with Gasteiger partial charge in [-0.15, -0.1) is 0 Å². The molecule has 1 N–H and O–H groups in total. The Balaban J connectivity index is 2.44. The summed E-state index contributed by atoms with van der Waals surface area (Å²) in [6.45, 7) is 5.22. The van der Waals surface area contributed by atoms with E-state index in [4.69, 9.17) is 16.3 Å². The molecule has 1 aromatic carbocycles. The fourth-order valence-electron chi connectivity index (χ4n) is 2.77. The average molecular weight is 254 g/mol. The monoisotopic (exact) mass is 253 g/mol. The van der Waals surface area contributed by atoms with Crippen molar-refractivity contribution < 1.29 is 4.74 Å². The van der Waals surface area contributed by atoms with E-state index >= 15 is 0 Å². The molecule has 0 spiro atoms. The van der Waals surface area contributed by atoms with Gasteiger partial charge in [-0.05, 0) is 56.0 Å². The first-order chi connectivity index (χ1) is 8.15. The van der Waals surface area contributed by atoms with Crippen molar-refractivity contribution in [2.24, 2.45) is 0 Å². The maximum absolute atomic E-state index is 6.40. The van der Waals surface area contributed by atoms with Crippen LogP contribution in [0.5, 0.6) is 5.75 Å². The zero-order chi connectivity index (χ0) is 12.4. The highest BCUT2D eigenvalue weighted by Gasteiger charge is 2.22. The molecule has 1 fully saturated rings. The van der Waals surface area contributed by atoms with Gasteiger partial charge in [-0.3, -0.25) is 0 Å². The minimum atomic E-state index is 0.380. The minimum absolute atomic E-state index is 0.380. The maximum atomic E-state index is 6.40. The van der Waals surface area contributed by atoms with Gasteiger partial charge < -0.3 is 10.1 Å². The molecule has 3 heteroatoms. The van der Waals surface area contributed by atoms with Crippen LogP contribution in [-0.4, -0.2) is 13.7 Å². The summed E-state index contributed by atoms with van der Waals surface area (Å²) in [7, 11) is 1.72. The lowest BCUT2D eigenvalue weighted by Gasteiger charge is -2.27. The summed E-state index contributed by atoms with van der Waals surface area (Å²) in [6, 6.07) is 2.39. The Morgan fingerprint density at radius 1 is 1.35 bits per heavy atom. The van der Waals surface area contributed by atoms with E-state index in [9.17, 15) is 0 Å². The normalized spacial score (nSPS) is 20.4. The van der Waals surface area contributed by atoms with Gasteiger partial charge in [0.25, 0.3) is 0 Å². The Bertz CT molecular complexity index is 411. The molecule has 94 valence electrons. The predicted molar refractivity (Wildman–Crippen MR) is 72.1 cm³/mol. The second-order valence-electron chi connectivity index (χ2n) is 4.75. The predicted octanol–water partition coefficient (Wildman–Crippen LogP) is 3.78. The van der Waals surface area contributed by atoms with Crippen LogP contribution in [-0.2, 0) is 0 Å². The van der Waals surface area contributed by atoms with Crippen molar-refractivity contribution in [3.8, 4) is 5.75 Å². The number of nitrogens with one attached hydrogen (secondary N) is 1. The van der Waals surface area contributed by atoms with Crippen LogP contribution >= 0.6 is 11.6 Å². The summed E-state index contributed by atoms with van der Waals surface area (Å²) in [6.07, 6.45) is 3.69. The van der Waals surface area contributed by atoms with Crippen molar-refractivity contribution in [3.05, 3.63) is 27.8 Å². The van der Waals surface area contributed by atoms with Crippen molar-refractivity contribution in [3.63, 3.8) is 0 Å². The summed E-state index contributed by atoms with van der Waals surface area (Å²) in [5, 5.41) is 4.41. The number of ether oxygens (including phenoxy) is 1. The van der Waals surface area contributed by atoms with Gasteiger partial charge >= 0.3 is 0 Å². The van der Waals surface area contributed by atoms with Gasteiger partial charge in [-0.25, -0.2) is 0 Å². The molecule has 1 aliphatic rings. The zero-order valence-corrected chi connectivity index (χ0v) is 11.5. The van der Waals surface area contributed by atoms with Crippen molar-refractivity contribution in [2.75, 3.05) is 13.7 Å². The van der Waals surface area contributed by atoms with Gasteiger partial charge in [0.05, 0.1) is 7.11 Å². The molecule has 0 amide bonds. The van der Waals surface area contributed by atoms with Crippen molar-refractivity contribution in [2.45, 2.75) is 39.2 Å². The van der Waals surface area contributed by atoms with E-state index in [1.54, 1.807) is 7.11 Å². The molecule has 1 heterocycles. The number of methoxy groups -OCH3 is 1. The first-order valence-corrected chi connectivity index (χ1v) is 6.60. The lowest BCUT2D eigenvalue weighted by atomic mass is 9.92. The van der Waals surface area contributed by atoms with Crippen molar-refractivity contribution in [1.82, 2.24) is 5.32 Å². The summed E-state index contributed by atoms with van der Waals surface area (Å²) in [4.78, 5) is 0. The average Bonchev–Trinajstić information content (AvgIpc) is 2.30. The molecule has 0 bridgehead atoms. The van der Waals surface area contributed by atoms with E-state index in [1.165, 1.54) is 24.0 Å².